The first-order chi connectivity index (χ1) is 10.2. The van der Waals surface area contributed by atoms with Gasteiger partial charge in [-0.2, -0.15) is 0 Å². The van der Waals surface area contributed by atoms with E-state index in [9.17, 15) is 18.8 Å². The Balaban J connectivity index is 2.92. The Morgan fingerprint density at radius 2 is 1.91 bits per heavy atom. The Bertz CT molecular complexity index is 587. The lowest BCUT2D eigenvalue weighted by Gasteiger charge is -2.16. The first-order valence-corrected chi connectivity index (χ1v) is 6.81. The highest BCUT2D eigenvalue weighted by molar-refractivity contribution is 5.98. The van der Waals surface area contributed by atoms with Gasteiger partial charge in [-0.15, -0.1) is 0 Å². The molecule has 0 fully saturated rings. The van der Waals surface area contributed by atoms with Gasteiger partial charge < -0.3 is 15.7 Å². The van der Waals surface area contributed by atoms with Gasteiger partial charge in [0.15, 0.2) is 0 Å². The van der Waals surface area contributed by atoms with E-state index in [4.69, 9.17) is 5.11 Å². The predicted octanol–water partition coefficient (Wildman–Crippen LogP) is 2.01. The van der Waals surface area contributed by atoms with Crippen LogP contribution in [0.25, 0.3) is 0 Å². The van der Waals surface area contributed by atoms with Gasteiger partial charge in [-0.05, 0) is 30.5 Å². The summed E-state index contributed by atoms with van der Waals surface area (Å²) >= 11 is 0. The van der Waals surface area contributed by atoms with E-state index in [0.29, 0.717) is 0 Å². The van der Waals surface area contributed by atoms with Crippen molar-refractivity contribution in [2.45, 2.75) is 33.2 Å². The number of carbonyl (C=O) groups is 3. The average molecular weight is 310 g/mol. The number of rotatable bonds is 6. The minimum absolute atomic E-state index is 0.0696. The van der Waals surface area contributed by atoms with E-state index in [-0.39, 0.29) is 23.6 Å². The number of hydrogen-bond donors (Lipinski definition) is 3. The normalized spacial score (nSPS) is 11.9. The highest BCUT2D eigenvalue weighted by Gasteiger charge is 2.22. The zero-order valence-corrected chi connectivity index (χ0v) is 12.6. The van der Waals surface area contributed by atoms with Gasteiger partial charge in [0.25, 0.3) is 5.91 Å². The van der Waals surface area contributed by atoms with E-state index >= 15 is 0 Å². The number of carbonyl (C=O) groups excluding carboxylic acids is 2. The molecule has 6 nitrogen and oxygen atoms in total. The molecule has 2 amide bonds. The molecule has 0 bridgehead atoms. The number of carboxylic acids is 1. The van der Waals surface area contributed by atoms with Gasteiger partial charge in [0.05, 0.1) is 5.69 Å². The van der Waals surface area contributed by atoms with Crippen LogP contribution < -0.4 is 10.6 Å². The molecule has 0 aliphatic carbocycles. The molecular weight excluding hydrogens is 291 g/mol. The Kier molecular flexibility index (Phi) is 6.03. The van der Waals surface area contributed by atoms with Gasteiger partial charge in [0.2, 0.25) is 5.91 Å². The molecule has 0 heterocycles. The molecule has 0 saturated heterocycles. The van der Waals surface area contributed by atoms with E-state index in [0.717, 1.165) is 6.07 Å². The number of halogens is 1. The molecule has 7 heteroatoms. The lowest BCUT2D eigenvalue weighted by atomic mass is 10.0. The summed E-state index contributed by atoms with van der Waals surface area (Å²) in [5, 5.41) is 13.8. The third-order valence-electron chi connectivity index (χ3n) is 2.85. The van der Waals surface area contributed by atoms with Crippen LogP contribution in [0, 0.1) is 11.7 Å². The van der Waals surface area contributed by atoms with Crippen molar-refractivity contribution in [3.63, 3.8) is 0 Å². The predicted molar refractivity (Wildman–Crippen MR) is 79.0 cm³/mol. The highest BCUT2D eigenvalue weighted by Crippen LogP contribution is 2.16. The first-order valence-electron chi connectivity index (χ1n) is 6.81. The zero-order chi connectivity index (χ0) is 16.9. The Morgan fingerprint density at radius 3 is 2.41 bits per heavy atom. The maximum absolute atomic E-state index is 13.5. The fourth-order valence-corrected chi connectivity index (χ4v) is 1.89. The zero-order valence-electron chi connectivity index (χ0n) is 12.6. The largest absolute Gasteiger partial charge is 0.480 e. The SMILES string of the molecule is CC(=O)Nc1cc(C(=O)N[C@H](CC(C)C)C(=O)O)ccc1F. The van der Waals surface area contributed by atoms with Gasteiger partial charge >= 0.3 is 5.97 Å². The highest BCUT2D eigenvalue weighted by atomic mass is 19.1. The molecule has 0 saturated carbocycles. The summed E-state index contributed by atoms with van der Waals surface area (Å²) in [7, 11) is 0. The maximum atomic E-state index is 13.5. The van der Waals surface area contributed by atoms with E-state index < -0.39 is 29.6 Å². The minimum atomic E-state index is -1.13. The second kappa shape index (κ2) is 7.53. The summed E-state index contributed by atoms with van der Waals surface area (Å²) in [5.41, 5.74) is -0.0592. The second-order valence-electron chi connectivity index (χ2n) is 5.37. The van der Waals surface area contributed by atoms with Crippen LogP contribution in [0.3, 0.4) is 0 Å². The summed E-state index contributed by atoms with van der Waals surface area (Å²) in [6.45, 7) is 4.90. The van der Waals surface area contributed by atoms with Crippen molar-refractivity contribution < 1.29 is 23.9 Å². The van der Waals surface area contributed by atoms with Gasteiger partial charge in [0.1, 0.15) is 11.9 Å². The lowest BCUT2D eigenvalue weighted by molar-refractivity contribution is -0.139. The summed E-state index contributed by atoms with van der Waals surface area (Å²) in [4.78, 5) is 34.2. The van der Waals surface area contributed by atoms with Crippen molar-refractivity contribution in [1.29, 1.82) is 0 Å². The van der Waals surface area contributed by atoms with Gasteiger partial charge in [-0.3, -0.25) is 9.59 Å². The molecule has 120 valence electrons. The van der Waals surface area contributed by atoms with Crippen molar-refractivity contribution in [2.24, 2.45) is 5.92 Å². The van der Waals surface area contributed by atoms with Crippen molar-refractivity contribution in [3.8, 4) is 0 Å². The Hall–Kier alpha value is -2.44. The smallest absolute Gasteiger partial charge is 0.326 e. The summed E-state index contributed by atoms with van der Waals surface area (Å²) in [6.07, 6.45) is 0.279. The monoisotopic (exact) mass is 310 g/mol. The van der Waals surface area contributed by atoms with Crippen LogP contribution in [0.15, 0.2) is 18.2 Å². The van der Waals surface area contributed by atoms with Crippen molar-refractivity contribution in [1.82, 2.24) is 5.32 Å². The van der Waals surface area contributed by atoms with Crippen LogP contribution >= 0.6 is 0 Å². The first kappa shape index (κ1) is 17.6. The fourth-order valence-electron chi connectivity index (χ4n) is 1.89. The Labute approximate surface area is 127 Å². The molecular formula is C15H19FN2O4. The standard InChI is InChI=1S/C15H19FN2O4/c1-8(2)6-13(15(21)22)18-14(20)10-4-5-11(16)12(7-10)17-9(3)19/h4-5,7-8,13H,6H2,1-3H3,(H,17,19)(H,18,20)(H,21,22)/t13-/m1/s1. The van der Waals surface area contributed by atoms with E-state index in [1.54, 1.807) is 0 Å². The molecule has 1 aromatic rings. The van der Waals surface area contributed by atoms with Crippen LogP contribution in [0.2, 0.25) is 0 Å². The van der Waals surface area contributed by atoms with Crippen LogP contribution in [0.5, 0.6) is 0 Å². The fraction of sp³-hybridized carbons (Fsp3) is 0.400. The van der Waals surface area contributed by atoms with Crippen LogP contribution in [0.1, 0.15) is 37.6 Å². The molecule has 22 heavy (non-hydrogen) atoms. The number of anilines is 1. The van der Waals surface area contributed by atoms with Crippen molar-refractivity contribution >= 4 is 23.5 Å². The van der Waals surface area contributed by atoms with Crippen LogP contribution in [-0.2, 0) is 9.59 Å². The van der Waals surface area contributed by atoms with Crippen molar-refractivity contribution in [2.75, 3.05) is 5.32 Å². The molecule has 0 unspecified atom stereocenters. The number of benzene rings is 1. The van der Waals surface area contributed by atoms with Gasteiger partial charge in [-0.25, -0.2) is 9.18 Å². The minimum Gasteiger partial charge on any atom is -0.480 e. The lowest BCUT2D eigenvalue weighted by Crippen LogP contribution is -2.41. The molecule has 0 aliphatic rings. The summed E-state index contributed by atoms with van der Waals surface area (Å²) in [5.74, 6) is -2.83. The van der Waals surface area contributed by atoms with Crippen LogP contribution in [-0.4, -0.2) is 28.9 Å². The molecule has 3 N–H and O–H groups in total. The van der Waals surface area contributed by atoms with Crippen molar-refractivity contribution in [3.05, 3.63) is 29.6 Å². The quantitative estimate of drug-likeness (QED) is 0.749. The molecule has 0 aliphatic heterocycles. The Morgan fingerprint density at radius 1 is 1.27 bits per heavy atom. The van der Waals surface area contributed by atoms with E-state index in [2.05, 4.69) is 10.6 Å². The molecule has 1 rings (SSSR count). The molecule has 1 aromatic carbocycles. The number of amides is 2. The van der Waals surface area contributed by atoms with Gasteiger partial charge in [-0.1, -0.05) is 13.8 Å². The number of carboxylic acid groups (broad SMARTS) is 1. The number of aliphatic carboxylic acids is 1. The molecule has 0 spiro atoms. The average Bonchev–Trinajstić information content (AvgIpc) is 2.39. The maximum Gasteiger partial charge on any atom is 0.326 e. The summed E-state index contributed by atoms with van der Waals surface area (Å²) < 4.78 is 13.5. The topological polar surface area (TPSA) is 95.5 Å². The molecule has 0 radical (unpaired) electrons. The second-order valence-corrected chi connectivity index (χ2v) is 5.37. The number of hydrogen-bond acceptors (Lipinski definition) is 3. The van der Waals surface area contributed by atoms with Gasteiger partial charge in [0, 0.05) is 12.5 Å². The molecule has 0 aromatic heterocycles. The van der Waals surface area contributed by atoms with E-state index in [1.807, 2.05) is 13.8 Å². The number of nitrogens with one attached hydrogen (secondary N) is 2. The summed E-state index contributed by atoms with van der Waals surface area (Å²) in [6, 6.07) is 2.41. The van der Waals surface area contributed by atoms with Crippen LogP contribution in [0.4, 0.5) is 10.1 Å². The third kappa shape index (κ3) is 5.16. The van der Waals surface area contributed by atoms with E-state index in [1.165, 1.54) is 19.1 Å². The third-order valence-corrected chi connectivity index (χ3v) is 2.85. The molecule has 1 atom stereocenters.